The molecule has 3 heterocycles. The van der Waals surface area contributed by atoms with Crippen molar-refractivity contribution in [1.29, 1.82) is 0 Å². The van der Waals surface area contributed by atoms with Gasteiger partial charge in [-0.15, -0.1) is 0 Å². The molecule has 0 fully saturated rings. The first kappa shape index (κ1) is 15.7. The van der Waals surface area contributed by atoms with E-state index in [1.807, 2.05) is 39.1 Å². The Morgan fingerprint density at radius 1 is 1.43 bits per heavy atom. The summed E-state index contributed by atoms with van der Waals surface area (Å²) in [6.07, 6.45) is 5.41. The molecule has 1 atom stereocenters. The highest BCUT2D eigenvalue weighted by Crippen LogP contribution is 2.28. The second-order valence-electron chi connectivity index (χ2n) is 7.07. The topological polar surface area (TPSA) is 56.2 Å². The summed E-state index contributed by atoms with van der Waals surface area (Å²) in [5.41, 5.74) is 2.33. The molecule has 0 spiro atoms. The van der Waals surface area contributed by atoms with E-state index in [-0.39, 0.29) is 0 Å². The number of rotatable bonds is 1. The Kier molecular flexibility index (Phi) is 3.98. The Hall–Kier alpha value is -2.14. The second kappa shape index (κ2) is 5.81. The summed E-state index contributed by atoms with van der Waals surface area (Å²) in [7, 11) is 0. The molecule has 5 nitrogen and oxygen atoms in total. The van der Waals surface area contributed by atoms with Crippen molar-refractivity contribution in [2.75, 3.05) is 13.1 Å². The molecule has 0 bridgehead atoms. The summed E-state index contributed by atoms with van der Waals surface area (Å²) in [5.74, 6) is 0.468. The molecule has 0 aliphatic carbocycles. The van der Waals surface area contributed by atoms with Gasteiger partial charge in [0.1, 0.15) is 11.2 Å². The fourth-order valence-corrected chi connectivity index (χ4v) is 2.85. The van der Waals surface area contributed by atoms with Gasteiger partial charge in [0.05, 0.1) is 0 Å². The van der Waals surface area contributed by atoms with Gasteiger partial charge in [-0.2, -0.15) is 0 Å². The summed E-state index contributed by atoms with van der Waals surface area (Å²) in [6, 6.07) is 3.89. The first-order valence-electron chi connectivity index (χ1n) is 7.96. The van der Waals surface area contributed by atoms with Crippen molar-refractivity contribution in [2.24, 2.45) is 5.92 Å². The van der Waals surface area contributed by atoms with Crippen LogP contribution in [-0.4, -0.2) is 34.3 Å². The van der Waals surface area contributed by atoms with Crippen molar-refractivity contribution in [3.05, 3.63) is 36.2 Å². The highest BCUT2D eigenvalue weighted by Gasteiger charge is 2.23. The molecule has 1 aliphatic heterocycles. The zero-order valence-corrected chi connectivity index (χ0v) is 14.1. The van der Waals surface area contributed by atoms with Crippen LogP contribution in [0, 0.1) is 5.92 Å². The van der Waals surface area contributed by atoms with Gasteiger partial charge < -0.3 is 10.1 Å². The zero-order valence-electron chi connectivity index (χ0n) is 14.1. The Bertz CT molecular complexity index is 768. The quantitative estimate of drug-likeness (QED) is 0.876. The standard InChI is InChI=1S/C18H23N3O2/c1-12-8-13(10-19-9-12)15-11-21(17(22)23-18(2,3)4)16-14(15)6-5-7-20-16/h5-8,11-12,19H,9-10H2,1-4H3/t12-/m1/s1. The summed E-state index contributed by atoms with van der Waals surface area (Å²) < 4.78 is 7.01. The SMILES string of the molecule is C[C@@H]1C=C(c2cn(C(=O)OC(C)(C)C)c3ncccc23)CNC1. The molecule has 0 unspecified atom stereocenters. The predicted octanol–water partition coefficient (Wildman–Crippen LogP) is 3.44. The van der Waals surface area contributed by atoms with E-state index in [1.54, 1.807) is 6.20 Å². The van der Waals surface area contributed by atoms with Crippen molar-refractivity contribution >= 4 is 22.7 Å². The molecule has 2 aromatic heterocycles. The van der Waals surface area contributed by atoms with Crippen LogP contribution < -0.4 is 5.32 Å². The number of pyridine rings is 1. The summed E-state index contributed by atoms with van der Waals surface area (Å²) in [6.45, 7) is 9.54. The van der Waals surface area contributed by atoms with Gasteiger partial charge in [0.2, 0.25) is 0 Å². The maximum Gasteiger partial charge on any atom is 0.420 e. The van der Waals surface area contributed by atoms with Crippen molar-refractivity contribution in [3.8, 4) is 0 Å². The minimum absolute atomic E-state index is 0.398. The van der Waals surface area contributed by atoms with Gasteiger partial charge in [0.15, 0.2) is 0 Å². The molecule has 2 aromatic rings. The van der Waals surface area contributed by atoms with Crippen LogP contribution in [0.1, 0.15) is 33.3 Å². The smallest absolute Gasteiger partial charge is 0.420 e. The number of hydrogen-bond donors (Lipinski definition) is 1. The van der Waals surface area contributed by atoms with Gasteiger partial charge in [-0.25, -0.2) is 14.3 Å². The third-order valence-corrected chi connectivity index (χ3v) is 3.77. The third kappa shape index (κ3) is 3.29. The van der Waals surface area contributed by atoms with E-state index < -0.39 is 11.7 Å². The van der Waals surface area contributed by atoms with Crippen molar-refractivity contribution in [1.82, 2.24) is 14.9 Å². The molecule has 23 heavy (non-hydrogen) atoms. The van der Waals surface area contributed by atoms with Gasteiger partial charge >= 0.3 is 6.09 Å². The molecule has 0 saturated heterocycles. The minimum Gasteiger partial charge on any atom is -0.443 e. The molecule has 122 valence electrons. The number of carbonyl (C=O) groups excluding carboxylic acids is 1. The molecule has 0 saturated carbocycles. The lowest BCUT2D eigenvalue weighted by molar-refractivity contribution is 0.0543. The number of nitrogens with zero attached hydrogens (tertiary/aromatic N) is 2. The Balaban J connectivity index is 2.09. The Morgan fingerprint density at radius 3 is 2.91 bits per heavy atom. The summed E-state index contributed by atoms with van der Waals surface area (Å²) in [5, 5.41) is 4.38. The average molecular weight is 313 g/mol. The third-order valence-electron chi connectivity index (χ3n) is 3.77. The number of hydrogen-bond acceptors (Lipinski definition) is 4. The molecule has 5 heteroatoms. The fraction of sp³-hybridized carbons (Fsp3) is 0.444. The second-order valence-corrected chi connectivity index (χ2v) is 7.07. The van der Waals surface area contributed by atoms with Gasteiger partial charge in [-0.05, 0) is 44.4 Å². The Morgan fingerprint density at radius 2 is 2.22 bits per heavy atom. The lowest BCUT2D eigenvalue weighted by atomic mass is 9.97. The average Bonchev–Trinajstić information content (AvgIpc) is 2.85. The molecule has 1 N–H and O–H groups in total. The van der Waals surface area contributed by atoms with Crippen LogP contribution in [0.15, 0.2) is 30.6 Å². The number of nitrogens with one attached hydrogen (secondary N) is 1. The van der Waals surface area contributed by atoms with Crippen molar-refractivity contribution < 1.29 is 9.53 Å². The van der Waals surface area contributed by atoms with E-state index in [9.17, 15) is 4.79 Å². The van der Waals surface area contributed by atoms with Gasteiger partial charge in [-0.3, -0.25) is 0 Å². The summed E-state index contributed by atoms with van der Waals surface area (Å²) >= 11 is 0. The number of fused-ring (bicyclic) bond motifs is 1. The van der Waals surface area contributed by atoms with Gasteiger partial charge in [-0.1, -0.05) is 13.0 Å². The van der Waals surface area contributed by atoms with E-state index in [1.165, 1.54) is 10.1 Å². The molecule has 0 amide bonds. The summed E-state index contributed by atoms with van der Waals surface area (Å²) in [4.78, 5) is 16.9. The van der Waals surface area contributed by atoms with E-state index in [0.29, 0.717) is 11.6 Å². The molecule has 1 aliphatic rings. The maximum absolute atomic E-state index is 12.5. The van der Waals surface area contributed by atoms with Crippen LogP contribution in [0.3, 0.4) is 0 Å². The van der Waals surface area contributed by atoms with Gasteiger partial charge in [0.25, 0.3) is 0 Å². The number of carbonyl (C=O) groups is 1. The minimum atomic E-state index is -0.539. The molecule has 0 radical (unpaired) electrons. The molecular formula is C18H23N3O2. The first-order chi connectivity index (χ1) is 10.8. The van der Waals surface area contributed by atoms with Crippen LogP contribution in [0.2, 0.25) is 0 Å². The van der Waals surface area contributed by atoms with E-state index in [0.717, 1.165) is 24.0 Å². The normalized spacial score (nSPS) is 18.8. The molecule has 3 rings (SSSR count). The van der Waals surface area contributed by atoms with Crippen molar-refractivity contribution in [2.45, 2.75) is 33.3 Å². The van der Waals surface area contributed by atoms with Crippen LogP contribution >= 0.6 is 0 Å². The predicted molar refractivity (Wildman–Crippen MR) is 91.4 cm³/mol. The van der Waals surface area contributed by atoms with E-state index in [4.69, 9.17) is 4.74 Å². The number of ether oxygens (including phenoxy) is 1. The highest BCUT2D eigenvalue weighted by molar-refractivity contribution is 5.96. The van der Waals surface area contributed by atoms with Crippen LogP contribution in [-0.2, 0) is 4.74 Å². The fourth-order valence-electron chi connectivity index (χ4n) is 2.85. The van der Waals surface area contributed by atoms with Crippen LogP contribution in [0.25, 0.3) is 16.6 Å². The van der Waals surface area contributed by atoms with Crippen LogP contribution in [0.5, 0.6) is 0 Å². The molecule has 0 aromatic carbocycles. The van der Waals surface area contributed by atoms with Crippen LogP contribution in [0.4, 0.5) is 4.79 Å². The molecular weight excluding hydrogens is 290 g/mol. The Labute approximate surface area is 136 Å². The van der Waals surface area contributed by atoms with E-state index in [2.05, 4.69) is 23.3 Å². The highest BCUT2D eigenvalue weighted by atomic mass is 16.6. The lowest BCUT2D eigenvalue weighted by Gasteiger charge is -2.20. The lowest BCUT2D eigenvalue weighted by Crippen LogP contribution is -2.27. The monoisotopic (exact) mass is 313 g/mol. The number of aromatic nitrogens is 2. The zero-order chi connectivity index (χ0) is 16.6. The van der Waals surface area contributed by atoms with E-state index >= 15 is 0 Å². The maximum atomic E-state index is 12.5. The first-order valence-corrected chi connectivity index (χ1v) is 7.96. The largest absolute Gasteiger partial charge is 0.443 e. The van der Waals surface area contributed by atoms with Gasteiger partial charge in [0, 0.05) is 36.4 Å². The van der Waals surface area contributed by atoms with Crippen molar-refractivity contribution in [3.63, 3.8) is 0 Å².